The van der Waals surface area contributed by atoms with Crippen LogP contribution < -0.4 is 10.7 Å². The summed E-state index contributed by atoms with van der Waals surface area (Å²) in [5.41, 5.74) is 3.13. The summed E-state index contributed by atoms with van der Waals surface area (Å²) < 4.78 is 10.9. The lowest BCUT2D eigenvalue weighted by atomic mass is 10.0. The van der Waals surface area contributed by atoms with E-state index in [0.29, 0.717) is 26.4 Å². The number of allylic oxidation sites excluding steroid dienone is 1. The molecule has 0 aromatic heterocycles. The van der Waals surface area contributed by atoms with Gasteiger partial charge in [-0.25, -0.2) is 14.6 Å². The third-order valence-corrected chi connectivity index (χ3v) is 5.55. The molecule has 1 heterocycles. The number of urea groups is 1. The molecule has 0 fully saturated rings. The molecule has 33 heavy (non-hydrogen) atoms. The minimum Gasteiger partial charge on any atom is -0.479 e. The normalized spacial score (nSPS) is 14.1. The molecule has 174 valence electrons. The Bertz CT molecular complexity index is 1100. The number of ether oxygens (including phenoxy) is 2. The van der Waals surface area contributed by atoms with Crippen LogP contribution in [0.1, 0.15) is 31.1 Å². The first-order valence-electron chi connectivity index (χ1n) is 9.82. The number of benzene rings is 2. The van der Waals surface area contributed by atoms with Crippen LogP contribution in [0.3, 0.4) is 0 Å². The summed E-state index contributed by atoms with van der Waals surface area (Å²) in [6.45, 7) is 3.09. The lowest BCUT2D eigenvalue weighted by Crippen LogP contribution is -2.55. The summed E-state index contributed by atoms with van der Waals surface area (Å²) in [5, 5.41) is 5.31. The number of hydrogen-bond acceptors (Lipinski definition) is 5. The van der Waals surface area contributed by atoms with E-state index in [-0.39, 0.29) is 0 Å². The summed E-state index contributed by atoms with van der Waals surface area (Å²) in [6, 6.07) is 11.8. The first-order valence-corrected chi connectivity index (χ1v) is 11.0. The SMILES string of the molecule is COC(=O)C(C)(C)NC(=O)N1C=CC(OC(c2ccc(Cl)cc2)c2ccc(Cl)cc2Cl)=CN1. The van der Waals surface area contributed by atoms with E-state index in [1.807, 2.05) is 12.1 Å². The standard InChI is InChI=1S/C23H22Cl3N3O4/c1-23(2,21(30)32-3)28-22(31)29-11-10-17(13-27-29)33-20(14-4-6-15(24)7-5-14)18-9-8-16(25)12-19(18)26/h4-13,20,27H,1-3H3,(H,28,31). The number of halogens is 3. The van der Waals surface area contributed by atoms with Crippen molar-refractivity contribution in [1.82, 2.24) is 15.8 Å². The molecule has 1 unspecified atom stereocenters. The molecule has 3 rings (SSSR count). The molecule has 0 radical (unpaired) electrons. The second kappa shape index (κ2) is 10.4. The topological polar surface area (TPSA) is 79.9 Å². The van der Waals surface area contributed by atoms with Crippen LogP contribution in [-0.4, -0.2) is 29.7 Å². The molecule has 1 aliphatic heterocycles. The molecule has 7 nitrogen and oxygen atoms in total. The highest BCUT2D eigenvalue weighted by molar-refractivity contribution is 6.35. The van der Waals surface area contributed by atoms with E-state index in [1.54, 1.807) is 50.3 Å². The maximum absolute atomic E-state index is 12.5. The van der Waals surface area contributed by atoms with Gasteiger partial charge in [0.1, 0.15) is 11.3 Å². The Labute approximate surface area is 206 Å². The number of nitrogens with one attached hydrogen (secondary N) is 2. The van der Waals surface area contributed by atoms with Gasteiger partial charge in [-0.05, 0) is 43.7 Å². The van der Waals surface area contributed by atoms with Gasteiger partial charge in [0.25, 0.3) is 0 Å². The van der Waals surface area contributed by atoms with Gasteiger partial charge in [0.2, 0.25) is 0 Å². The van der Waals surface area contributed by atoms with Gasteiger partial charge in [0.15, 0.2) is 6.10 Å². The highest BCUT2D eigenvalue weighted by Gasteiger charge is 2.32. The van der Waals surface area contributed by atoms with Crippen molar-refractivity contribution in [3.63, 3.8) is 0 Å². The van der Waals surface area contributed by atoms with Gasteiger partial charge in [0.05, 0.1) is 13.3 Å². The smallest absolute Gasteiger partial charge is 0.341 e. The molecular weight excluding hydrogens is 489 g/mol. The van der Waals surface area contributed by atoms with Gasteiger partial charge in [-0.2, -0.15) is 0 Å². The number of hydrogen-bond donors (Lipinski definition) is 2. The largest absolute Gasteiger partial charge is 0.479 e. The molecule has 2 aromatic rings. The predicted molar refractivity (Wildman–Crippen MR) is 128 cm³/mol. The first kappa shape index (κ1) is 24.8. The van der Waals surface area contributed by atoms with Crippen LogP contribution in [0.25, 0.3) is 0 Å². The van der Waals surface area contributed by atoms with Crippen LogP contribution in [0.5, 0.6) is 0 Å². The van der Waals surface area contributed by atoms with Crippen molar-refractivity contribution in [2.24, 2.45) is 0 Å². The summed E-state index contributed by atoms with van der Waals surface area (Å²) in [7, 11) is 1.26. The zero-order valence-electron chi connectivity index (χ0n) is 18.1. The van der Waals surface area contributed by atoms with E-state index >= 15 is 0 Å². The van der Waals surface area contributed by atoms with Crippen LogP contribution in [0.2, 0.25) is 15.1 Å². The van der Waals surface area contributed by atoms with Crippen molar-refractivity contribution in [1.29, 1.82) is 0 Å². The van der Waals surface area contributed by atoms with Crippen molar-refractivity contribution in [3.05, 3.63) is 92.9 Å². The quantitative estimate of drug-likeness (QED) is 0.495. The Hall–Kier alpha value is -2.87. The number of esters is 1. The van der Waals surface area contributed by atoms with Crippen molar-refractivity contribution < 1.29 is 19.1 Å². The van der Waals surface area contributed by atoms with E-state index in [1.165, 1.54) is 24.5 Å². The fourth-order valence-electron chi connectivity index (χ4n) is 3.00. The number of nitrogens with zero attached hydrogens (tertiary/aromatic N) is 1. The molecule has 1 aliphatic rings. The minimum atomic E-state index is -1.20. The fourth-order valence-corrected chi connectivity index (χ4v) is 3.64. The average molecular weight is 511 g/mol. The number of amides is 2. The fraction of sp³-hybridized carbons (Fsp3) is 0.217. The Balaban J connectivity index is 1.77. The molecule has 0 saturated heterocycles. The third-order valence-electron chi connectivity index (χ3n) is 4.74. The van der Waals surface area contributed by atoms with Gasteiger partial charge in [-0.1, -0.05) is 53.0 Å². The zero-order chi connectivity index (χ0) is 24.2. The molecule has 1 atom stereocenters. The maximum atomic E-state index is 12.5. The zero-order valence-corrected chi connectivity index (χ0v) is 20.3. The molecule has 0 saturated carbocycles. The van der Waals surface area contributed by atoms with E-state index < -0.39 is 23.6 Å². The van der Waals surface area contributed by atoms with Gasteiger partial charge < -0.3 is 14.8 Å². The highest BCUT2D eigenvalue weighted by atomic mass is 35.5. The predicted octanol–water partition coefficient (Wildman–Crippen LogP) is 5.59. The summed E-state index contributed by atoms with van der Waals surface area (Å²) in [5.74, 6) is -0.126. The molecular formula is C23H22Cl3N3O4. The number of carbonyl (C=O) groups is 2. The molecule has 2 amide bonds. The first-order chi connectivity index (χ1) is 15.6. The van der Waals surface area contributed by atoms with Gasteiger partial charge >= 0.3 is 12.0 Å². The van der Waals surface area contributed by atoms with Gasteiger partial charge in [0, 0.05) is 32.9 Å². The third kappa shape index (κ3) is 6.13. The number of methoxy groups -OCH3 is 1. The van der Waals surface area contributed by atoms with Crippen LogP contribution >= 0.6 is 34.8 Å². The molecule has 2 N–H and O–H groups in total. The number of hydrazine groups is 1. The summed E-state index contributed by atoms with van der Waals surface area (Å²) in [6.07, 6.45) is 4.02. The Morgan fingerprint density at radius 2 is 1.73 bits per heavy atom. The minimum absolute atomic E-state index is 0.442. The number of rotatable bonds is 6. The second-order valence-corrected chi connectivity index (χ2v) is 8.90. The van der Waals surface area contributed by atoms with E-state index in [9.17, 15) is 9.59 Å². The van der Waals surface area contributed by atoms with Crippen molar-refractivity contribution in [2.45, 2.75) is 25.5 Å². The summed E-state index contributed by atoms with van der Waals surface area (Å²) >= 11 is 18.5. The van der Waals surface area contributed by atoms with E-state index in [4.69, 9.17) is 44.3 Å². The van der Waals surface area contributed by atoms with Crippen LogP contribution in [0.15, 0.2) is 66.7 Å². The number of carbonyl (C=O) groups excluding carboxylic acids is 2. The monoisotopic (exact) mass is 509 g/mol. The highest BCUT2D eigenvalue weighted by Crippen LogP contribution is 2.35. The average Bonchev–Trinajstić information content (AvgIpc) is 2.78. The Morgan fingerprint density at radius 3 is 2.30 bits per heavy atom. The van der Waals surface area contributed by atoms with Crippen molar-refractivity contribution >= 4 is 46.8 Å². The molecule has 0 bridgehead atoms. The van der Waals surface area contributed by atoms with E-state index in [0.717, 1.165) is 5.56 Å². The second-order valence-electron chi connectivity index (χ2n) is 7.62. The van der Waals surface area contributed by atoms with Crippen LogP contribution in [0.4, 0.5) is 4.79 Å². The molecule has 0 aliphatic carbocycles. The Morgan fingerprint density at radius 1 is 1.06 bits per heavy atom. The Kier molecular flexibility index (Phi) is 7.79. The lowest BCUT2D eigenvalue weighted by Gasteiger charge is -2.29. The van der Waals surface area contributed by atoms with Crippen molar-refractivity contribution in [3.8, 4) is 0 Å². The van der Waals surface area contributed by atoms with Crippen LogP contribution in [0, 0.1) is 0 Å². The molecule has 0 spiro atoms. The summed E-state index contributed by atoms with van der Waals surface area (Å²) in [4.78, 5) is 24.3. The molecule has 2 aromatic carbocycles. The van der Waals surface area contributed by atoms with Gasteiger partial charge in [-0.15, -0.1) is 0 Å². The van der Waals surface area contributed by atoms with Gasteiger partial charge in [-0.3, -0.25) is 5.43 Å². The van der Waals surface area contributed by atoms with Crippen LogP contribution in [-0.2, 0) is 14.3 Å². The lowest BCUT2D eigenvalue weighted by molar-refractivity contribution is -0.146. The maximum Gasteiger partial charge on any atom is 0.341 e. The van der Waals surface area contributed by atoms with E-state index in [2.05, 4.69) is 10.7 Å². The van der Waals surface area contributed by atoms with Crippen molar-refractivity contribution in [2.75, 3.05) is 7.11 Å². The molecule has 10 heteroatoms.